The van der Waals surface area contributed by atoms with Crippen LogP contribution in [0.4, 0.5) is 0 Å². The number of carboxylic acid groups (broad SMARTS) is 1. The van der Waals surface area contributed by atoms with Crippen LogP contribution in [-0.4, -0.2) is 22.9 Å². The predicted molar refractivity (Wildman–Crippen MR) is 59.7 cm³/mol. The highest BCUT2D eigenvalue weighted by Gasteiger charge is 2.12. The van der Waals surface area contributed by atoms with E-state index in [4.69, 9.17) is 0 Å². The molecule has 0 radical (unpaired) electrons. The summed E-state index contributed by atoms with van der Waals surface area (Å²) in [5, 5.41) is 10.3. The van der Waals surface area contributed by atoms with Crippen LogP contribution in [0.1, 0.15) is 15.9 Å². The molecule has 0 saturated heterocycles. The SMILES string of the molecule is Cc1ccc(C(=O)SC[C@H]([NH3+])C(=O)[O-])cc1. The lowest BCUT2D eigenvalue weighted by Crippen LogP contribution is -2.69. The van der Waals surface area contributed by atoms with Gasteiger partial charge in [-0.05, 0) is 6.92 Å². The monoisotopic (exact) mass is 239 g/mol. The van der Waals surface area contributed by atoms with Gasteiger partial charge >= 0.3 is 0 Å². The minimum absolute atomic E-state index is 0.134. The first kappa shape index (κ1) is 12.7. The van der Waals surface area contributed by atoms with Gasteiger partial charge in [-0.15, -0.1) is 0 Å². The standard InChI is InChI=1S/C11H13NO3S/c1-7-2-4-8(5-3-7)11(15)16-6-9(12)10(13)14/h2-5,9H,6,12H2,1H3,(H,13,14)/t9-/m0/s1. The molecule has 0 aliphatic rings. The van der Waals surface area contributed by atoms with Gasteiger partial charge in [0, 0.05) is 5.56 Å². The molecule has 0 heterocycles. The molecule has 1 aromatic carbocycles. The molecule has 0 aliphatic carbocycles. The van der Waals surface area contributed by atoms with E-state index in [2.05, 4.69) is 5.73 Å². The van der Waals surface area contributed by atoms with E-state index < -0.39 is 12.0 Å². The van der Waals surface area contributed by atoms with E-state index in [0.29, 0.717) is 5.56 Å². The van der Waals surface area contributed by atoms with Crippen LogP contribution in [0.2, 0.25) is 0 Å². The van der Waals surface area contributed by atoms with Crippen LogP contribution in [0.25, 0.3) is 0 Å². The van der Waals surface area contributed by atoms with Crippen LogP contribution in [0.5, 0.6) is 0 Å². The Kier molecular flexibility index (Phi) is 4.52. The fourth-order valence-electron chi connectivity index (χ4n) is 1.02. The highest BCUT2D eigenvalue weighted by Crippen LogP contribution is 2.13. The maximum absolute atomic E-state index is 11.6. The lowest BCUT2D eigenvalue weighted by Gasteiger charge is -2.07. The van der Waals surface area contributed by atoms with Gasteiger partial charge in [0.25, 0.3) is 0 Å². The zero-order chi connectivity index (χ0) is 12.1. The summed E-state index contributed by atoms with van der Waals surface area (Å²) >= 11 is 0.950. The van der Waals surface area contributed by atoms with Crippen LogP contribution in [0, 0.1) is 6.92 Å². The zero-order valence-electron chi connectivity index (χ0n) is 8.93. The van der Waals surface area contributed by atoms with Gasteiger partial charge in [-0.1, -0.05) is 41.6 Å². The normalized spacial score (nSPS) is 12.1. The van der Waals surface area contributed by atoms with Gasteiger partial charge in [0.1, 0.15) is 6.04 Å². The molecule has 0 unspecified atom stereocenters. The smallest absolute Gasteiger partial charge is 0.219 e. The molecule has 4 nitrogen and oxygen atoms in total. The molecule has 0 aliphatic heterocycles. The van der Waals surface area contributed by atoms with Gasteiger partial charge in [-0.25, -0.2) is 0 Å². The Balaban J connectivity index is 2.53. The highest BCUT2D eigenvalue weighted by molar-refractivity contribution is 8.14. The summed E-state index contributed by atoms with van der Waals surface area (Å²) in [6.45, 7) is 1.93. The third kappa shape index (κ3) is 3.67. The van der Waals surface area contributed by atoms with Crippen LogP contribution in [0.3, 0.4) is 0 Å². The molecule has 0 fully saturated rings. The Hall–Kier alpha value is -1.33. The van der Waals surface area contributed by atoms with Gasteiger partial charge in [-0.3, -0.25) is 4.79 Å². The molecular weight excluding hydrogens is 226 g/mol. The molecule has 0 bridgehead atoms. The number of carboxylic acids is 1. The van der Waals surface area contributed by atoms with E-state index in [-0.39, 0.29) is 10.9 Å². The van der Waals surface area contributed by atoms with Crippen molar-refractivity contribution in [3.05, 3.63) is 35.4 Å². The van der Waals surface area contributed by atoms with E-state index in [1.54, 1.807) is 12.1 Å². The molecule has 0 saturated carbocycles. The Bertz CT molecular complexity index is 389. The van der Waals surface area contributed by atoms with Crippen molar-refractivity contribution in [3.63, 3.8) is 0 Å². The third-order valence-electron chi connectivity index (χ3n) is 2.04. The van der Waals surface area contributed by atoms with E-state index in [0.717, 1.165) is 17.3 Å². The first-order valence-corrected chi connectivity index (χ1v) is 5.77. The average molecular weight is 239 g/mol. The van der Waals surface area contributed by atoms with E-state index in [1.165, 1.54) is 0 Å². The Labute approximate surface area is 97.8 Å². The summed E-state index contributed by atoms with van der Waals surface area (Å²) in [5.74, 6) is -1.10. The van der Waals surface area contributed by atoms with Crippen molar-refractivity contribution in [3.8, 4) is 0 Å². The molecule has 3 N–H and O–H groups in total. The molecular formula is C11H13NO3S. The molecule has 0 spiro atoms. The first-order chi connectivity index (χ1) is 7.50. The van der Waals surface area contributed by atoms with Gasteiger partial charge in [0.15, 0.2) is 0 Å². The quantitative estimate of drug-likeness (QED) is 0.747. The molecule has 5 heteroatoms. The van der Waals surface area contributed by atoms with Crippen molar-refractivity contribution < 1.29 is 20.4 Å². The van der Waals surface area contributed by atoms with Crippen molar-refractivity contribution in [2.45, 2.75) is 13.0 Å². The third-order valence-corrected chi connectivity index (χ3v) is 3.10. The maximum Gasteiger partial charge on any atom is 0.219 e. The van der Waals surface area contributed by atoms with Crippen LogP contribution < -0.4 is 10.8 Å². The largest absolute Gasteiger partial charge is 0.544 e. The minimum atomic E-state index is -1.23. The Morgan fingerprint density at radius 2 is 1.94 bits per heavy atom. The fourth-order valence-corrected chi connectivity index (χ4v) is 1.81. The van der Waals surface area contributed by atoms with Crippen molar-refractivity contribution >= 4 is 22.8 Å². The topological polar surface area (TPSA) is 84.8 Å². The lowest BCUT2D eigenvalue weighted by atomic mass is 10.2. The second-order valence-corrected chi connectivity index (χ2v) is 4.47. The molecule has 0 amide bonds. The molecule has 1 rings (SSSR count). The number of carbonyl (C=O) groups is 2. The number of hydrogen-bond acceptors (Lipinski definition) is 4. The molecule has 1 aromatic rings. The van der Waals surface area contributed by atoms with Crippen molar-refractivity contribution in [2.75, 3.05) is 5.75 Å². The van der Waals surface area contributed by atoms with Gasteiger partial charge < -0.3 is 15.6 Å². The summed E-state index contributed by atoms with van der Waals surface area (Å²) in [4.78, 5) is 22.0. The number of benzene rings is 1. The van der Waals surface area contributed by atoms with Gasteiger partial charge in [0.05, 0.1) is 11.7 Å². The summed E-state index contributed by atoms with van der Waals surface area (Å²) in [6.07, 6.45) is 0. The van der Waals surface area contributed by atoms with E-state index >= 15 is 0 Å². The number of rotatable bonds is 4. The minimum Gasteiger partial charge on any atom is -0.544 e. The van der Waals surface area contributed by atoms with E-state index in [1.807, 2.05) is 19.1 Å². The van der Waals surface area contributed by atoms with E-state index in [9.17, 15) is 14.7 Å². The maximum atomic E-state index is 11.6. The molecule has 1 atom stereocenters. The van der Waals surface area contributed by atoms with Crippen molar-refractivity contribution in [1.82, 2.24) is 0 Å². The first-order valence-electron chi connectivity index (χ1n) is 4.78. The molecule has 16 heavy (non-hydrogen) atoms. The summed E-state index contributed by atoms with van der Waals surface area (Å²) in [6, 6.07) is 6.27. The number of carbonyl (C=O) groups excluding carboxylic acids is 2. The van der Waals surface area contributed by atoms with Crippen LogP contribution in [-0.2, 0) is 4.79 Å². The number of thioether (sulfide) groups is 1. The van der Waals surface area contributed by atoms with Crippen LogP contribution >= 0.6 is 11.8 Å². The summed E-state index contributed by atoms with van der Waals surface area (Å²) < 4.78 is 0. The van der Waals surface area contributed by atoms with Gasteiger partial charge in [-0.2, -0.15) is 0 Å². The number of hydrogen-bond donors (Lipinski definition) is 1. The summed E-state index contributed by atoms with van der Waals surface area (Å²) in [5.41, 5.74) is 5.03. The zero-order valence-corrected chi connectivity index (χ0v) is 9.75. The highest BCUT2D eigenvalue weighted by atomic mass is 32.2. The second-order valence-electron chi connectivity index (χ2n) is 3.48. The van der Waals surface area contributed by atoms with Crippen molar-refractivity contribution in [1.29, 1.82) is 0 Å². The predicted octanol–water partition coefficient (Wildman–Crippen LogP) is -0.771. The van der Waals surface area contributed by atoms with Gasteiger partial charge in [0.2, 0.25) is 5.12 Å². The molecule has 86 valence electrons. The summed E-state index contributed by atoms with van der Waals surface area (Å²) in [7, 11) is 0. The van der Waals surface area contributed by atoms with Crippen molar-refractivity contribution in [2.24, 2.45) is 0 Å². The number of aliphatic carboxylic acids is 1. The number of aryl methyl sites for hydroxylation is 1. The molecule has 0 aromatic heterocycles. The Morgan fingerprint density at radius 3 is 2.44 bits per heavy atom. The second kappa shape index (κ2) is 5.67. The fraction of sp³-hybridized carbons (Fsp3) is 0.273. The van der Waals surface area contributed by atoms with Crippen LogP contribution in [0.15, 0.2) is 24.3 Å². The average Bonchev–Trinajstić information content (AvgIpc) is 2.26. The Morgan fingerprint density at radius 1 is 1.38 bits per heavy atom. The lowest BCUT2D eigenvalue weighted by molar-refractivity contribution is -0.431. The number of quaternary nitrogens is 1.